The van der Waals surface area contributed by atoms with Crippen molar-refractivity contribution in [1.82, 2.24) is 15.2 Å². The highest BCUT2D eigenvalue weighted by atomic mass is 19.1. The van der Waals surface area contributed by atoms with Gasteiger partial charge in [-0.05, 0) is 67.5 Å². The van der Waals surface area contributed by atoms with E-state index in [0.717, 1.165) is 16.9 Å². The van der Waals surface area contributed by atoms with Gasteiger partial charge in [-0.1, -0.05) is 45.0 Å². The van der Waals surface area contributed by atoms with Crippen LogP contribution >= 0.6 is 0 Å². The highest BCUT2D eigenvalue weighted by Crippen LogP contribution is 2.64. The molecule has 0 amide bonds. The number of ether oxygens (including phenoxy) is 1. The fourth-order valence-electron chi connectivity index (χ4n) is 5.15. The Morgan fingerprint density at radius 2 is 1.85 bits per heavy atom. The summed E-state index contributed by atoms with van der Waals surface area (Å²) in [5.74, 6) is 1.34. The summed E-state index contributed by atoms with van der Waals surface area (Å²) in [6.07, 6.45) is 6.51. The quantitative estimate of drug-likeness (QED) is 0.355. The monoisotopic (exact) mass is 444 g/mol. The largest absolute Gasteiger partial charge is 0.438 e. The summed E-state index contributed by atoms with van der Waals surface area (Å²) in [6.45, 7) is 8.96. The molecule has 1 N–H and O–H groups in total. The Labute approximate surface area is 194 Å². The van der Waals surface area contributed by atoms with Crippen LogP contribution in [0, 0.1) is 29.5 Å². The lowest BCUT2D eigenvalue weighted by Crippen LogP contribution is -2.33. The number of nitrogens with one attached hydrogen (secondary N) is 1. The molecule has 1 heterocycles. The maximum Gasteiger partial charge on any atom is 0.231 e. The zero-order chi connectivity index (χ0) is 23.2. The van der Waals surface area contributed by atoms with E-state index in [4.69, 9.17) is 9.84 Å². The fraction of sp³-hybridized carbons (Fsp3) is 0.333. The van der Waals surface area contributed by atoms with Gasteiger partial charge < -0.3 is 4.74 Å². The molecule has 1 aromatic heterocycles. The Morgan fingerprint density at radius 3 is 2.48 bits per heavy atom. The van der Waals surface area contributed by atoms with Crippen LogP contribution in [0.25, 0.3) is 5.69 Å². The molecule has 0 saturated heterocycles. The van der Waals surface area contributed by atoms with E-state index >= 15 is 0 Å². The van der Waals surface area contributed by atoms with Gasteiger partial charge in [-0.15, -0.1) is 0 Å². The standard InChI is InChI=1S/C27H29FN4O/c1-18-23(17-29-30-24-16-19-14-15-27(24,4)26(19,2)3)25(33-22-12-10-20(28)11-13-22)32(31-18)21-8-6-5-7-9-21/h5-13,16-17,19,30H,14-15H2,1-4H3/b29-17-/t19-,27+/m0/s1. The van der Waals surface area contributed by atoms with Crippen molar-refractivity contribution in [2.24, 2.45) is 21.8 Å². The van der Waals surface area contributed by atoms with E-state index in [0.29, 0.717) is 17.5 Å². The van der Waals surface area contributed by atoms with Gasteiger partial charge in [0, 0.05) is 11.1 Å². The highest BCUT2D eigenvalue weighted by Gasteiger charge is 2.57. The van der Waals surface area contributed by atoms with Gasteiger partial charge in [-0.25, -0.2) is 4.39 Å². The maximum absolute atomic E-state index is 13.4. The Balaban J connectivity index is 1.47. The van der Waals surface area contributed by atoms with Crippen molar-refractivity contribution in [2.75, 3.05) is 0 Å². The smallest absolute Gasteiger partial charge is 0.231 e. The lowest BCUT2D eigenvalue weighted by atomic mass is 9.69. The molecule has 1 saturated carbocycles. The number of aryl methyl sites for hydroxylation is 1. The minimum atomic E-state index is -0.309. The molecule has 2 aliphatic rings. The molecule has 2 atom stereocenters. The van der Waals surface area contributed by atoms with Gasteiger partial charge in [0.1, 0.15) is 11.6 Å². The molecule has 1 fully saturated rings. The first kappa shape index (κ1) is 21.4. The summed E-state index contributed by atoms with van der Waals surface area (Å²) in [5, 5.41) is 9.30. The van der Waals surface area contributed by atoms with Crippen LogP contribution in [-0.4, -0.2) is 16.0 Å². The number of nitrogens with zero attached hydrogens (tertiary/aromatic N) is 3. The number of para-hydroxylation sites is 1. The van der Waals surface area contributed by atoms with Gasteiger partial charge >= 0.3 is 0 Å². The number of hydrogen-bond acceptors (Lipinski definition) is 4. The van der Waals surface area contributed by atoms with E-state index in [1.165, 1.54) is 30.7 Å². The van der Waals surface area contributed by atoms with Crippen LogP contribution in [0.5, 0.6) is 11.6 Å². The molecule has 0 aliphatic heterocycles. The lowest BCUT2D eigenvalue weighted by Gasteiger charge is -2.36. The topological polar surface area (TPSA) is 51.4 Å². The molecule has 6 heteroatoms. The average Bonchev–Trinajstić information content (AvgIpc) is 3.30. The molecule has 33 heavy (non-hydrogen) atoms. The Bertz CT molecular complexity index is 1230. The van der Waals surface area contributed by atoms with Gasteiger partial charge in [-0.2, -0.15) is 14.9 Å². The molecule has 0 spiro atoms. The number of hydrazone groups is 1. The summed E-state index contributed by atoms with van der Waals surface area (Å²) in [4.78, 5) is 0. The van der Waals surface area contributed by atoms with Crippen molar-refractivity contribution in [3.05, 3.63) is 83.4 Å². The average molecular weight is 445 g/mol. The normalized spacial score (nSPS) is 23.2. The second-order valence-electron chi connectivity index (χ2n) is 9.76. The van der Waals surface area contributed by atoms with Crippen molar-refractivity contribution in [2.45, 2.75) is 40.5 Å². The van der Waals surface area contributed by atoms with Crippen molar-refractivity contribution >= 4 is 6.21 Å². The summed E-state index contributed by atoms with van der Waals surface area (Å²) in [6, 6.07) is 15.8. The van der Waals surface area contributed by atoms with Crippen LogP contribution in [0.15, 0.2) is 71.5 Å². The summed E-state index contributed by atoms with van der Waals surface area (Å²) < 4.78 is 21.4. The summed E-state index contributed by atoms with van der Waals surface area (Å²) in [5.41, 5.74) is 7.27. The zero-order valence-electron chi connectivity index (χ0n) is 19.5. The number of allylic oxidation sites excluding steroid dienone is 2. The third-order valence-corrected chi connectivity index (χ3v) is 7.74. The predicted octanol–water partition coefficient (Wildman–Crippen LogP) is 6.38. The van der Waals surface area contributed by atoms with E-state index in [2.05, 4.69) is 37.4 Å². The highest BCUT2D eigenvalue weighted by molar-refractivity contribution is 5.84. The first-order valence-corrected chi connectivity index (χ1v) is 11.4. The fourth-order valence-corrected chi connectivity index (χ4v) is 5.15. The maximum atomic E-state index is 13.4. The molecule has 2 aromatic carbocycles. The third kappa shape index (κ3) is 3.54. The van der Waals surface area contributed by atoms with Crippen LogP contribution in [-0.2, 0) is 0 Å². The van der Waals surface area contributed by atoms with Crippen molar-refractivity contribution in [3.63, 3.8) is 0 Å². The lowest BCUT2D eigenvalue weighted by molar-refractivity contribution is 0.164. The Morgan fingerprint density at radius 1 is 1.12 bits per heavy atom. The minimum absolute atomic E-state index is 0.103. The van der Waals surface area contributed by atoms with Crippen LogP contribution in [0.1, 0.15) is 44.9 Å². The number of halogens is 1. The van der Waals surface area contributed by atoms with E-state index in [1.807, 2.05) is 37.3 Å². The van der Waals surface area contributed by atoms with Crippen LogP contribution in [0.4, 0.5) is 4.39 Å². The van der Waals surface area contributed by atoms with Crippen molar-refractivity contribution in [3.8, 4) is 17.3 Å². The van der Waals surface area contributed by atoms with Crippen LogP contribution in [0.2, 0.25) is 0 Å². The molecule has 2 aliphatic carbocycles. The van der Waals surface area contributed by atoms with Gasteiger partial charge in [0.05, 0.1) is 23.2 Å². The third-order valence-electron chi connectivity index (χ3n) is 7.74. The molecule has 3 aromatic rings. The van der Waals surface area contributed by atoms with E-state index in [1.54, 1.807) is 23.0 Å². The minimum Gasteiger partial charge on any atom is -0.438 e. The number of aromatic nitrogens is 2. The molecule has 0 radical (unpaired) electrons. The molecular formula is C27H29FN4O. The molecular weight excluding hydrogens is 415 g/mol. The number of benzene rings is 2. The second kappa shape index (κ2) is 7.87. The predicted molar refractivity (Wildman–Crippen MR) is 128 cm³/mol. The Kier molecular flexibility index (Phi) is 5.11. The molecule has 170 valence electrons. The van der Waals surface area contributed by atoms with E-state index < -0.39 is 0 Å². The van der Waals surface area contributed by atoms with Gasteiger partial charge in [0.15, 0.2) is 0 Å². The van der Waals surface area contributed by atoms with E-state index in [-0.39, 0.29) is 16.6 Å². The van der Waals surface area contributed by atoms with Gasteiger partial charge in [0.25, 0.3) is 0 Å². The van der Waals surface area contributed by atoms with Crippen LogP contribution < -0.4 is 10.2 Å². The molecule has 0 unspecified atom stereocenters. The van der Waals surface area contributed by atoms with Crippen molar-refractivity contribution in [1.29, 1.82) is 0 Å². The molecule has 5 rings (SSSR count). The Hall–Kier alpha value is -3.41. The summed E-state index contributed by atoms with van der Waals surface area (Å²) in [7, 11) is 0. The van der Waals surface area contributed by atoms with Crippen molar-refractivity contribution < 1.29 is 9.13 Å². The van der Waals surface area contributed by atoms with Crippen LogP contribution in [0.3, 0.4) is 0 Å². The number of rotatable bonds is 6. The zero-order valence-corrected chi connectivity index (χ0v) is 19.5. The van der Waals surface area contributed by atoms with E-state index in [9.17, 15) is 4.39 Å². The van der Waals surface area contributed by atoms with Gasteiger partial charge in [-0.3, -0.25) is 5.43 Å². The number of hydrogen-bond donors (Lipinski definition) is 1. The first-order valence-electron chi connectivity index (χ1n) is 11.4. The number of fused-ring (bicyclic) bond motifs is 2. The molecule has 2 bridgehead atoms. The second-order valence-corrected chi connectivity index (χ2v) is 9.76. The first-order chi connectivity index (χ1) is 15.8. The van der Waals surface area contributed by atoms with Gasteiger partial charge in [0.2, 0.25) is 5.88 Å². The summed E-state index contributed by atoms with van der Waals surface area (Å²) >= 11 is 0. The SMILES string of the molecule is Cc1nn(-c2ccccc2)c(Oc2ccc(F)cc2)c1/C=N\NC1=C[C@@H]2CC[C@@]1(C)C2(C)C. The molecule has 5 nitrogen and oxygen atoms in total.